The highest BCUT2D eigenvalue weighted by molar-refractivity contribution is 5.74. The first-order chi connectivity index (χ1) is 9.02. The number of hydrogen-bond acceptors (Lipinski definition) is 5. The number of rotatable bonds is 4. The summed E-state index contributed by atoms with van der Waals surface area (Å²) in [6.07, 6.45) is 2.11. The summed E-state index contributed by atoms with van der Waals surface area (Å²) in [5, 5.41) is 26.8. The lowest BCUT2D eigenvalue weighted by Gasteiger charge is -2.19. The minimum absolute atomic E-state index is 0.396. The monoisotopic (exact) mass is 262 g/mol. The number of aliphatic hydroxyl groups excluding tert-OH is 1. The summed E-state index contributed by atoms with van der Waals surface area (Å²) in [7, 11) is 0. The number of carbonyl (C=O) groups is 1. The molecule has 0 spiro atoms. The number of hydrogen-bond donors (Lipinski definition) is 2. The fourth-order valence-corrected chi connectivity index (χ4v) is 1.93. The summed E-state index contributed by atoms with van der Waals surface area (Å²) in [5.41, 5.74) is 0.697. The van der Waals surface area contributed by atoms with E-state index in [2.05, 4.69) is 15.2 Å². The van der Waals surface area contributed by atoms with Crippen LogP contribution in [0.4, 0.5) is 0 Å². The van der Waals surface area contributed by atoms with Crippen LogP contribution in [-0.2, 0) is 4.79 Å². The molecule has 7 nitrogen and oxygen atoms in total. The molecule has 0 amide bonds. The van der Waals surface area contributed by atoms with Crippen molar-refractivity contribution >= 4 is 5.97 Å². The topological polar surface area (TPSA) is 101 Å². The zero-order chi connectivity index (χ0) is 14.0. The third-order valence-electron chi connectivity index (χ3n) is 2.79. The van der Waals surface area contributed by atoms with E-state index in [0.29, 0.717) is 17.2 Å². The zero-order valence-corrected chi connectivity index (χ0v) is 10.6. The Hall–Kier alpha value is -2.28. The van der Waals surface area contributed by atoms with Gasteiger partial charge >= 0.3 is 5.97 Å². The van der Waals surface area contributed by atoms with Crippen molar-refractivity contribution in [1.29, 1.82) is 0 Å². The van der Waals surface area contributed by atoms with Crippen molar-refractivity contribution in [3.63, 3.8) is 0 Å². The van der Waals surface area contributed by atoms with E-state index in [-0.39, 0.29) is 0 Å². The summed E-state index contributed by atoms with van der Waals surface area (Å²) < 4.78 is 1.42. The average molecular weight is 262 g/mol. The van der Waals surface area contributed by atoms with Gasteiger partial charge in [0, 0.05) is 18.0 Å². The SMILES string of the molecule is Cc1nnc(-c2ccncc2)n1C(C(=O)O)C(C)O. The average Bonchev–Trinajstić information content (AvgIpc) is 2.72. The Kier molecular flexibility index (Phi) is 3.57. The maximum Gasteiger partial charge on any atom is 0.329 e. The first kappa shape index (κ1) is 13.2. The van der Waals surface area contributed by atoms with E-state index >= 15 is 0 Å². The van der Waals surface area contributed by atoms with Crippen molar-refractivity contribution < 1.29 is 15.0 Å². The molecular weight excluding hydrogens is 248 g/mol. The Morgan fingerprint density at radius 1 is 1.32 bits per heavy atom. The minimum Gasteiger partial charge on any atom is -0.480 e. The van der Waals surface area contributed by atoms with Gasteiger partial charge in [0.1, 0.15) is 5.82 Å². The molecule has 0 aliphatic heterocycles. The largest absolute Gasteiger partial charge is 0.480 e. The number of pyridine rings is 1. The van der Waals surface area contributed by atoms with Gasteiger partial charge in [-0.15, -0.1) is 10.2 Å². The second kappa shape index (κ2) is 5.15. The molecule has 100 valence electrons. The van der Waals surface area contributed by atoms with Crippen LogP contribution < -0.4 is 0 Å². The zero-order valence-electron chi connectivity index (χ0n) is 10.6. The molecule has 0 radical (unpaired) electrons. The number of aryl methyl sites for hydroxylation is 1. The Balaban J connectivity index is 2.57. The molecule has 2 aromatic heterocycles. The molecule has 2 atom stereocenters. The second-order valence-corrected chi connectivity index (χ2v) is 4.20. The molecule has 2 rings (SSSR count). The molecule has 2 unspecified atom stereocenters. The van der Waals surface area contributed by atoms with Gasteiger partial charge in [-0.1, -0.05) is 0 Å². The number of aliphatic hydroxyl groups is 1. The van der Waals surface area contributed by atoms with Gasteiger partial charge in [0.15, 0.2) is 11.9 Å². The lowest BCUT2D eigenvalue weighted by molar-refractivity contribution is -0.144. The normalized spacial score (nSPS) is 14.1. The maximum atomic E-state index is 11.3. The highest BCUT2D eigenvalue weighted by Crippen LogP contribution is 2.24. The lowest BCUT2D eigenvalue weighted by atomic mass is 10.1. The van der Waals surface area contributed by atoms with E-state index < -0.39 is 18.1 Å². The van der Waals surface area contributed by atoms with Crippen LogP contribution in [0.3, 0.4) is 0 Å². The highest BCUT2D eigenvalue weighted by Gasteiger charge is 2.29. The van der Waals surface area contributed by atoms with Gasteiger partial charge in [0.25, 0.3) is 0 Å². The highest BCUT2D eigenvalue weighted by atomic mass is 16.4. The van der Waals surface area contributed by atoms with Crippen LogP contribution in [0.1, 0.15) is 18.8 Å². The molecule has 0 fully saturated rings. The third-order valence-corrected chi connectivity index (χ3v) is 2.79. The van der Waals surface area contributed by atoms with E-state index in [1.54, 1.807) is 31.5 Å². The molecule has 0 saturated heterocycles. The van der Waals surface area contributed by atoms with Crippen molar-refractivity contribution in [2.75, 3.05) is 0 Å². The summed E-state index contributed by atoms with van der Waals surface area (Å²) >= 11 is 0. The quantitative estimate of drug-likeness (QED) is 0.839. The standard InChI is InChI=1S/C12H14N4O3/c1-7(17)10(12(18)19)16-8(2)14-15-11(16)9-3-5-13-6-4-9/h3-7,10,17H,1-2H3,(H,18,19). The number of carboxylic acids is 1. The van der Waals surface area contributed by atoms with Crippen LogP contribution in [0.25, 0.3) is 11.4 Å². The Morgan fingerprint density at radius 3 is 2.47 bits per heavy atom. The molecule has 0 aliphatic carbocycles. The van der Waals surface area contributed by atoms with Crippen molar-refractivity contribution in [2.24, 2.45) is 0 Å². The van der Waals surface area contributed by atoms with Gasteiger partial charge < -0.3 is 10.2 Å². The molecule has 0 saturated carbocycles. The number of aromatic nitrogens is 4. The molecule has 2 N–H and O–H groups in total. The van der Waals surface area contributed by atoms with Crippen LogP contribution in [-0.4, -0.2) is 42.0 Å². The number of carboxylic acid groups (broad SMARTS) is 1. The first-order valence-electron chi connectivity index (χ1n) is 5.75. The fraction of sp³-hybridized carbons (Fsp3) is 0.333. The van der Waals surface area contributed by atoms with E-state index in [1.165, 1.54) is 11.5 Å². The van der Waals surface area contributed by atoms with Gasteiger partial charge in [0.2, 0.25) is 0 Å². The molecule has 19 heavy (non-hydrogen) atoms. The second-order valence-electron chi connectivity index (χ2n) is 4.20. The van der Waals surface area contributed by atoms with Crippen molar-refractivity contribution in [3.8, 4) is 11.4 Å². The number of aliphatic carboxylic acids is 1. The Labute approximate surface area is 109 Å². The van der Waals surface area contributed by atoms with Crippen LogP contribution in [0.15, 0.2) is 24.5 Å². The van der Waals surface area contributed by atoms with E-state index in [0.717, 1.165) is 0 Å². The van der Waals surface area contributed by atoms with Crippen molar-refractivity contribution in [3.05, 3.63) is 30.4 Å². The first-order valence-corrected chi connectivity index (χ1v) is 5.75. The van der Waals surface area contributed by atoms with Gasteiger partial charge in [-0.25, -0.2) is 4.79 Å². The van der Waals surface area contributed by atoms with Crippen LogP contribution in [0.5, 0.6) is 0 Å². The summed E-state index contributed by atoms with van der Waals surface area (Å²) in [6.45, 7) is 3.07. The molecular formula is C12H14N4O3. The summed E-state index contributed by atoms with van der Waals surface area (Å²) in [4.78, 5) is 15.2. The van der Waals surface area contributed by atoms with Crippen LogP contribution in [0, 0.1) is 6.92 Å². The summed E-state index contributed by atoms with van der Waals surface area (Å²) in [6, 6.07) is 2.29. The predicted octanol–water partition coefficient (Wildman–Crippen LogP) is 0.655. The van der Waals surface area contributed by atoms with Gasteiger partial charge in [-0.3, -0.25) is 9.55 Å². The Morgan fingerprint density at radius 2 is 1.95 bits per heavy atom. The van der Waals surface area contributed by atoms with E-state index in [1.807, 2.05) is 0 Å². The van der Waals surface area contributed by atoms with E-state index in [9.17, 15) is 15.0 Å². The molecule has 0 aromatic carbocycles. The van der Waals surface area contributed by atoms with Crippen molar-refractivity contribution in [2.45, 2.75) is 26.0 Å². The maximum absolute atomic E-state index is 11.3. The fourth-order valence-electron chi connectivity index (χ4n) is 1.93. The molecule has 2 heterocycles. The molecule has 0 aliphatic rings. The van der Waals surface area contributed by atoms with Gasteiger partial charge in [0.05, 0.1) is 6.10 Å². The summed E-state index contributed by atoms with van der Waals surface area (Å²) in [5.74, 6) is -0.304. The number of nitrogens with zero attached hydrogens (tertiary/aromatic N) is 4. The van der Waals surface area contributed by atoms with Gasteiger partial charge in [-0.05, 0) is 26.0 Å². The van der Waals surface area contributed by atoms with Crippen LogP contribution in [0.2, 0.25) is 0 Å². The third kappa shape index (κ3) is 2.45. The minimum atomic E-state index is -1.13. The lowest BCUT2D eigenvalue weighted by Crippen LogP contribution is -2.30. The molecule has 7 heteroatoms. The molecule has 2 aromatic rings. The van der Waals surface area contributed by atoms with Crippen LogP contribution >= 0.6 is 0 Å². The van der Waals surface area contributed by atoms with Gasteiger partial charge in [-0.2, -0.15) is 0 Å². The van der Waals surface area contributed by atoms with E-state index in [4.69, 9.17) is 0 Å². The predicted molar refractivity (Wildman–Crippen MR) is 66.3 cm³/mol. The van der Waals surface area contributed by atoms with Crippen molar-refractivity contribution in [1.82, 2.24) is 19.7 Å². The molecule has 0 bridgehead atoms. The smallest absolute Gasteiger partial charge is 0.329 e. The Bertz CT molecular complexity index is 580.